The van der Waals surface area contributed by atoms with E-state index in [-0.39, 0.29) is 0 Å². The van der Waals surface area contributed by atoms with Crippen molar-refractivity contribution in [3.05, 3.63) is 24.2 Å². The molecule has 0 atom stereocenters. The number of hydrogen-bond donors (Lipinski definition) is 3. The van der Waals surface area contributed by atoms with Gasteiger partial charge < -0.3 is 19.8 Å². The zero-order valence-corrected chi connectivity index (χ0v) is 16.0. The summed E-state index contributed by atoms with van der Waals surface area (Å²) in [6, 6.07) is 3.66. The monoisotopic (exact) mass is 374 g/mol. The van der Waals surface area contributed by atoms with Gasteiger partial charge in [-0.1, -0.05) is 19.3 Å². The summed E-state index contributed by atoms with van der Waals surface area (Å²) in [5, 5.41) is 13.7. The van der Waals surface area contributed by atoms with Crippen molar-refractivity contribution in [3.63, 3.8) is 0 Å². The molecule has 1 saturated carbocycles. The second-order valence-electron chi connectivity index (χ2n) is 6.74. The van der Waals surface area contributed by atoms with E-state index in [4.69, 9.17) is 9.15 Å². The first kappa shape index (κ1) is 19.4. The van der Waals surface area contributed by atoms with Gasteiger partial charge in [0, 0.05) is 33.2 Å². The standard InChI is InChI=1S/C19H30N6O2/c1-20-19(21-11-6-14-26-15-7-3-2-4-8-15)22-12-10-17-23-18(25-24-17)16-9-5-13-27-16/h5,9,13,15H,2-4,6-8,10-12,14H2,1H3,(H2,20,21,22)(H,23,24,25). The summed E-state index contributed by atoms with van der Waals surface area (Å²) in [5.74, 6) is 2.84. The Balaban J connectivity index is 1.28. The molecule has 0 radical (unpaired) electrons. The molecule has 3 rings (SSSR count). The van der Waals surface area contributed by atoms with E-state index in [1.807, 2.05) is 12.1 Å². The number of guanidine groups is 1. The number of rotatable bonds is 9. The maximum Gasteiger partial charge on any atom is 0.216 e. The van der Waals surface area contributed by atoms with E-state index in [9.17, 15) is 0 Å². The lowest BCUT2D eigenvalue weighted by atomic mass is 9.98. The molecular formula is C19H30N6O2. The summed E-state index contributed by atoms with van der Waals surface area (Å²) in [4.78, 5) is 8.67. The van der Waals surface area contributed by atoms with Gasteiger partial charge in [0.25, 0.3) is 0 Å². The minimum absolute atomic E-state index is 0.476. The van der Waals surface area contributed by atoms with E-state index in [2.05, 4.69) is 30.8 Å². The van der Waals surface area contributed by atoms with Crippen LogP contribution < -0.4 is 10.6 Å². The molecule has 8 nitrogen and oxygen atoms in total. The Hall–Kier alpha value is -2.35. The van der Waals surface area contributed by atoms with Gasteiger partial charge in [0.15, 0.2) is 11.7 Å². The van der Waals surface area contributed by atoms with E-state index < -0.39 is 0 Å². The van der Waals surface area contributed by atoms with Gasteiger partial charge in [0.1, 0.15) is 5.82 Å². The van der Waals surface area contributed by atoms with Crippen molar-refractivity contribution >= 4 is 5.96 Å². The maximum absolute atomic E-state index is 5.94. The Morgan fingerprint density at radius 1 is 1.30 bits per heavy atom. The first-order valence-electron chi connectivity index (χ1n) is 9.86. The van der Waals surface area contributed by atoms with Gasteiger partial charge in [-0.2, -0.15) is 5.10 Å². The van der Waals surface area contributed by atoms with Crippen LogP contribution in [-0.4, -0.2) is 54.0 Å². The molecule has 148 valence electrons. The molecule has 0 unspecified atom stereocenters. The first-order valence-corrected chi connectivity index (χ1v) is 9.86. The second kappa shape index (κ2) is 10.7. The summed E-state index contributed by atoms with van der Waals surface area (Å²) in [5.41, 5.74) is 0. The molecule has 8 heteroatoms. The zero-order valence-electron chi connectivity index (χ0n) is 16.0. The highest BCUT2D eigenvalue weighted by Gasteiger charge is 2.13. The fourth-order valence-electron chi connectivity index (χ4n) is 3.20. The van der Waals surface area contributed by atoms with Crippen molar-refractivity contribution in [1.82, 2.24) is 25.8 Å². The van der Waals surface area contributed by atoms with Crippen LogP contribution in [0, 0.1) is 0 Å². The molecule has 0 aromatic carbocycles. The van der Waals surface area contributed by atoms with Crippen molar-refractivity contribution in [2.75, 3.05) is 26.7 Å². The number of aromatic nitrogens is 3. The van der Waals surface area contributed by atoms with Gasteiger partial charge in [0.05, 0.1) is 12.4 Å². The number of hydrogen-bond acceptors (Lipinski definition) is 5. The van der Waals surface area contributed by atoms with Crippen LogP contribution in [0.5, 0.6) is 0 Å². The molecule has 1 aliphatic rings. The van der Waals surface area contributed by atoms with Crippen molar-refractivity contribution < 1.29 is 9.15 Å². The summed E-state index contributed by atoms with van der Waals surface area (Å²) in [7, 11) is 1.78. The fourth-order valence-corrected chi connectivity index (χ4v) is 3.20. The average Bonchev–Trinajstić information content (AvgIpc) is 3.39. The van der Waals surface area contributed by atoms with E-state index in [0.717, 1.165) is 37.8 Å². The number of nitrogens with one attached hydrogen (secondary N) is 3. The summed E-state index contributed by atoms with van der Waals surface area (Å²) in [6.45, 7) is 2.37. The van der Waals surface area contributed by atoms with Gasteiger partial charge in [-0.3, -0.25) is 10.1 Å². The predicted molar refractivity (Wildman–Crippen MR) is 105 cm³/mol. The summed E-state index contributed by atoms with van der Waals surface area (Å²) >= 11 is 0. The quantitative estimate of drug-likeness (QED) is 0.354. The van der Waals surface area contributed by atoms with Gasteiger partial charge in [-0.05, 0) is 31.4 Å². The smallest absolute Gasteiger partial charge is 0.216 e. The summed E-state index contributed by atoms with van der Waals surface area (Å²) in [6.07, 6.45) is 10.2. The number of aromatic amines is 1. The number of aliphatic imine (C=N–C) groups is 1. The molecule has 2 aromatic rings. The molecular weight excluding hydrogens is 344 g/mol. The van der Waals surface area contributed by atoms with Crippen LogP contribution in [0.25, 0.3) is 11.6 Å². The zero-order chi connectivity index (χ0) is 18.7. The van der Waals surface area contributed by atoms with Crippen molar-refractivity contribution in [2.24, 2.45) is 4.99 Å². The predicted octanol–water partition coefficient (Wildman–Crippen LogP) is 2.51. The Bertz CT molecular complexity index is 676. The minimum Gasteiger partial charge on any atom is -0.461 e. The third kappa shape index (κ3) is 6.39. The second-order valence-corrected chi connectivity index (χ2v) is 6.74. The van der Waals surface area contributed by atoms with E-state index in [1.165, 1.54) is 32.1 Å². The van der Waals surface area contributed by atoms with Gasteiger partial charge >= 0.3 is 0 Å². The van der Waals surface area contributed by atoms with Crippen LogP contribution in [0.1, 0.15) is 44.3 Å². The maximum atomic E-state index is 5.94. The Labute approximate surface area is 160 Å². The third-order valence-corrected chi connectivity index (χ3v) is 4.67. The lowest BCUT2D eigenvalue weighted by Crippen LogP contribution is -2.39. The van der Waals surface area contributed by atoms with Gasteiger partial charge in [-0.15, -0.1) is 0 Å². The molecule has 27 heavy (non-hydrogen) atoms. The lowest BCUT2D eigenvalue weighted by Gasteiger charge is -2.22. The molecule has 1 fully saturated rings. The van der Waals surface area contributed by atoms with Crippen LogP contribution >= 0.6 is 0 Å². The van der Waals surface area contributed by atoms with E-state index in [0.29, 0.717) is 24.2 Å². The van der Waals surface area contributed by atoms with Crippen LogP contribution in [0.3, 0.4) is 0 Å². The lowest BCUT2D eigenvalue weighted by molar-refractivity contribution is 0.0277. The molecule has 1 aliphatic carbocycles. The van der Waals surface area contributed by atoms with Crippen LogP contribution in [0.2, 0.25) is 0 Å². The molecule has 2 heterocycles. The Kier molecular flexibility index (Phi) is 7.70. The molecule has 0 saturated heterocycles. The van der Waals surface area contributed by atoms with Gasteiger partial charge in [-0.25, -0.2) is 4.98 Å². The SMILES string of the molecule is CN=C(NCCCOC1CCCCC1)NCCc1nc(-c2ccco2)n[nH]1. The number of ether oxygens (including phenoxy) is 1. The Morgan fingerprint density at radius 3 is 2.93 bits per heavy atom. The number of furan rings is 1. The fraction of sp³-hybridized carbons (Fsp3) is 0.632. The third-order valence-electron chi connectivity index (χ3n) is 4.67. The van der Waals surface area contributed by atoms with Gasteiger partial charge in [0.2, 0.25) is 5.82 Å². The van der Waals surface area contributed by atoms with Crippen LogP contribution in [0.4, 0.5) is 0 Å². The first-order chi connectivity index (χ1) is 13.3. The highest BCUT2D eigenvalue weighted by molar-refractivity contribution is 5.79. The number of H-pyrrole nitrogens is 1. The van der Waals surface area contributed by atoms with E-state index >= 15 is 0 Å². The Morgan fingerprint density at radius 2 is 2.15 bits per heavy atom. The normalized spacial score (nSPS) is 15.8. The molecule has 0 spiro atoms. The topological polar surface area (TPSA) is 100 Å². The molecule has 0 amide bonds. The van der Waals surface area contributed by atoms with E-state index in [1.54, 1.807) is 13.3 Å². The van der Waals surface area contributed by atoms with Crippen molar-refractivity contribution in [1.29, 1.82) is 0 Å². The largest absolute Gasteiger partial charge is 0.461 e. The highest BCUT2D eigenvalue weighted by Crippen LogP contribution is 2.20. The van der Waals surface area contributed by atoms with Crippen LogP contribution in [-0.2, 0) is 11.2 Å². The average molecular weight is 374 g/mol. The van der Waals surface area contributed by atoms with Crippen molar-refractivity contribution in [2.45, 2.75) is 51.0 Å². The highest BCUT2D eigenvalue weighted by atomic mass is 16.5. The molecule has 2 aromatic heterocycles. The summed E-state index contributed by atoms with van der Waals surface area (Å²) < 4.78 is 11.2. The molecule has 0 bridgehead atoms. The molecule has 3 N–H and O–H groups in total. The van der Waals surface area contributed by atoms with Crippen LogP contribution in [0.15, 0.2) is 27.8 Å². The number of nitrogens with zero attached hydrogens (tertiary/aromatic N) is 3. The molecule has 0 aliphatic heterocycles. The minimum atomic E-state index is 0.476. The van der Waals surface area contributed by atoms with Crippen molar-refractivity contribution in [3.8, 4) is 11.6 Å².